The fraction of sp³-hybridized carbons (Fsp3) is 0.583. The monoisotopic (exact) mass is 177 g/mol. The second-order valence-electron chi connectivity index (χ2n) is 3.91. The van der Waals surface area contributed by atoms with E-state index >= 15 is 0 Å². The van der Waals surface area contributed by atoms with Gasteiger partial charge in [-0.05, 0) is 37.8 Å². The van der Waals surface area contributed by atoms with E-state index < -0.39 is 0 Å². The van der Waals surface area contributed by atoms with Crippen LogP contribution in [0.2, 0.25) is 0 Å². The number of nitrogens with zero attached hydrogens (tertiary/aromatic N) is 1. The van der Waals surface area contributed by atoms with E-state index in [9.17, 15) is 0 Å². The molecule has 1 unspecified atom stereocenters. The van der Waals surface area contributed by atoms with E-state index in [0.717, 1.165) is 18.0 Å². The van der Waals surface area contributed by atoms with Gasteiger partial charge in [-0.15, -0.1) is 0 Å². The highest BCUT2D eigenvalue weighted by molar-refractivity contribution is 5.21. The molecule has 0 N–H and O–H groups in total. The van der Waals surface area contributed by atoms with Crippen LogP contribution in [-0.2, 0) is 6.42 Å². The highest BCUT2D eigenvalue weighted by Gasteiger charge is 2.04. The summed E-state index contributed by atoms with van der Waals surface area (Å²) in [6, 6.07) is 4.31. The summed E-state index contributed by atoms with van der Waals surface area (Å²) in [4.78, 5) is 4.46. The smallest absolute Gasteiger partial charge is 0.0407 e. The van der Waals surface area contributed by atoms with E-state index in [1.807, 2.05) is 6.92 Å². The number of hydrogen-bond donors (Lipinski definition) is 0. The summed E-state index contributed by atoms with van der Waals surface area (Å²) in [5.41, 5.74) is 3.71. The maximum atomic E-state index is 4.46. The van der Waals surface area contributed by atoms with Crippen LogP contribution in [-0.4, -0.2) is 4.98 Å². The van der Waals surface area contributed by atoms with E-state index in [0.29, 0.717) is 0 Å². The quantitative estimate of drug-likeness (QED) is 0.690. The van der Waals surface area contributed by atoms with Crippen molar-refractivity contribution in [1.29, 1.82) is 0 Å². The van der Waals surface area contributed by atoms with Gasteiger partial charge in [0.1, 0.15) is 0 Å². The molecule has 0 aliphatic heterocycles. The molecule has 1 nitrogen and oxygen atoms in total. The molecule has 1 rings (SSSR count). The third-order valence-electron chi connectivity index (χ3n) is 2.60. The van der Waals surface area contributed by atoms with E-state index in [1.54, 1.807) is 0 Å². The lowest BCUT2D eigenvalue weighted by Crippen LogP contribution is -2.01. The average Bonchev–Trinajstić information content (AvgIpc) is 2.09. The van der Waals surface area contributed by atoms with Crippen molar-refractivity contribution in [3.63, 3.8) is 0 Å². The molecule has 1 aromatic heterocycles. The van der Waals surface area contributed by atoms with E-state index in [1.165, 1.54) is 17.7 Å². The molecule has 0 saturated heterocycles. The number of pyridine rings is 1. The van der Waals surface area contributed by atoms with Crippen LogP contribution in [0.4, 0.5) is 0 Å². The molecular formula is C12H19N. The second kappa shape index (κ2) is 4.40. The summed E-state index contributed by atoms with van der Waals surface area (Å²) in [7, 11) is 0. The van der Waals surface area contributed by atoms with Crippen LogP contribution in [0.25, 0.3) is 0 Å². The van der Waals surface area contributed by atoms with Crippen molar-refractivity contribution < 1.29 is 0 Å². The summed E-state index contributed by atoms with van der Waals surface area (Å²) in [5, 5.41) is 0. The predicted octanol–water partition coefficient (Wildman–Crippen LogP) is 3.29. The second-order valence-corrected chi connectivity index (χ2v) is 3.91. The molecule has 72 valence electrons. The molecule has 0 fully saturated rings. The fourth-order valence-electron chi connectivity index (χ4n) is 1.45. The topological polar surface area (TPSA) is 12.9 Å². The van der Waals surface area contributed by atoms with Crippen LogP contribution in [0.1, 0.15) is 37.2 Å². The highest BCUT2D eigenvalue weighted by atomic mass is 14.7. The van der Waals surface area contributed by atoms with Gasteiger partial charge in [-0.25, -0.2) is 0 Å². The molecular weight excluding hydrogens is 158 g/mol. The van der Waals surface area contributed by atoms with Gasteiger partial charge in [0, 0.05) is 11.4 Å². The van der Waals surface area contributed by atoms with E-state index in [-0.39, 0.29) is 0 Å². The third-order valence-corrected chi connectivity index (χ3v) is 2.60. The van der Waals surface area contributed by atoms with Crippen LogP contribution < -0.4 is 0 Å². The Bertz CT molecular complexity index is 278. The van der Waals surface area contributed by atoms with Gasteiger partial charge >= 0.3 is 0 Å². The molecule has 0 bridgehead atoms. The lowest BCUT2D eigenvalue weighted by Gasteiger charge is -2.10. The number of aromatic nitrogens is 1. The van der Waals surface area contributed by atoms with Gasteiger partial charge < -0.3 is 0 Å². The van der Waals surface area contributed by atoms with Gasteiger partial charge in [-0.2, -0.15) is 0 Å². The average molecular weight is 177 g/mol. The maximum absolute atomic E-state index is 4.46. The Morgan fingerprint density at radius 2 is 2.00 bits per heavy atom. The minimum Gasteiger partial charge on any atom is -0.258 e. The first-order valence-electron chi connectivity index (χ1n) is 5.06. The van der Waals surface area contributed by atoms with Gasteiger partial charge in [0.2, 0.25) is 0 Å². The van der Waals surface area contributed by atoms with Gasteiger partial charge in [0.15, 0.2) is 0 Å². The van der Waals surface area contributed by atoms with Crippen molar-refractivity contribution in [3.05, 3.63) is 29.1 Å². The van der Waals surface area contributed by atoms with E-state index in [2.05, 4.69) is 37.9 Å². The molecule has 1 heterocycles. The van der Waals surface area contributed by atoms with Crippen molar-refractivity contribution >= 4 is 0 Å². The first-order valence-corrected chi connectivity index (χ1v) is 5.06. The minimum atomic E-state index is 0.767. The Morgan fingerprint density at radius 3 is 2.54 bits per heavy atom. The summed E-state index contributed by atoms with van der Waals surface area (Å²) >= 11 is 0. The SMILES string of the molecule is CCC(C)Cc1ccc(C)nc1C. The molecule has 1 atom stereocenters. The predicted molar refractivity (Wildman–Crippen MR) is 56.9 cm³/mol. The van der Waals surface area contributed by atoms with Crippen molar-refractivity contribution in [1.82, 2.24) is 4.98 Å². The first-order chi connectivity index (χ1) is 6.13. The van der Waals surface area contributed by atoms with Crippen molar-refractivity contribution in [2.45, 2.75) is 40.5 Å². The normalized spacial score (nSPS) is 12.9. The molecule has 13 heavy (non-hydrogen) atoms. The van der Waals surface area contributed by atoms with Gasteiger partial charge in [-0.1, -0.05) is 26.3 Å². The zero-order valence-corrected chi connectivity index (χ0v) is 9.09. The summed E-state index contributed by atoms with van der Waals surface area (Å²) < 4.78 is 0. The van der Waals surface area contributed by atoms with Crippen LogP contribution in [0.5, 0.6) is 0 Å². The van der Waals surface area contributed by atoms with Crippen LogP contribution in [0, 0.1) is 19.8 Å². The Balaban J connectivity index is 2.77. The Morgan fingerprint density at radius 1 is 1.31 bits per heavy atom. The zero-order valence-electron chi connectivity index (χ0n) is 9.09. The molecule has 0 spiro atoms. The number of aryl methyl sites for hydroxylation is 2. The van der Waals surface area contributed by atoms with Crippen molar-refractivity contribution in [3.8, 4) is 0 Å². The molecule has 0 radical (unpaired) electrons. The fourth-order valence-corrected chi connectivity index (χ4v) is 1.45. The Labute approximate surface area is 81.2 Å². The lowest BCUT2D eigenvalue weighted by atomic mass is 9.98. The Kier molecular flexibility index (Phi) is 3.47. The Hall–Kier alpha value is -0.850. The van der Waals surface area contributed by atoms with Crippen molar-refractivity contribution in [2.24, 2.45) is 5.92 Å². The van der Waals surface area contributed by atoms with Gasteiger partial charge in [-0.3, -0.25) is 4.98 Å². The molecule has 1 heteroatoms. The van der Waals surface area contributed by atoms with Crippen molar-refractivity contribution in [2.75, 3.05) is 0 Å². The molecule has 0 aliphatic carbocycles. The summed E-state index contributed by atoms with van der Waals surface area (Å²) in [5.74, 6) is 0.767. The van der Waals surface area contributed by atoms with Crippen LogP contribution >= 0.6 is 0 Å². The summed E-state index contributed by atoms with van der Waals surface area (Å²) in [6.07, 6.45) is 2.41. The van der Waals surface area contributed by atoms with Crippen LogP contribution in [0.15, 0.2) is 12.1 Å². The molecule has 0 aliphatic rings. The largest absolute Gasteiger partial charge is 0.258 e. The third kappa shape index (κ3) is 2.83. The molecule has 0 aromatic carbocycles. The number of rotatable bonds is 3. The molecule has 0 amide bonds. The zero-order chi connectivity index (χ0) is 9.84. The van der Waals surface area contributed by atoms with Gasteiger partial charge in [0.05, 0.1) is 0 Å². The van der Waals surface area contributed by atoms with Crippen LogP contribution in [0.3, 0.4) is 0 Å². The lowest BCUT2D eigenvalue weighted by molar-refractivity contribution is 0.557. The van der Waals surface area contributed by atoms with Gasteiger partial charge in [0.25, 0.3) is 0 Å². The standard InChI is InChI=1S/C12H19N/c1-5-9(2)8-12-7-6-10(3)13-11(12)4/h6-7,9H,5,8H2,1-4H3. The highest BCUT2D eigenvalue weighted by Crippen LogP contribution is 2.14. The maximum Gasteiger partial charge on any atom is 0.0407 e. The molecule has 0 saturated carbocycles. The minimum absolute atomic E-state index is 0.767. The first kappa shape index (κ1) is 10.2. The summed E-state index contributed by atoms with van der Waals surface area (Å²) in [6.45, 7) is 8.67. The van der Waals surface area contributed by atoms with E-state index in [4.69, 9.17) is 0 Å². The molecule has 1 aromatic rings. The number of hydrogen-bond acceptors (Lipinski definition) is 1.